The highest BCUT2D eigenvalue weighted by Crippen LogP contribution is 2.29. The number of para-hydroxylation sites is 2. The fourth-order valence-corrected chi connectivity index (χ4v) is 5.91. The van der Waals surface area contributed by atoms with Gasteiger partial charge in [0.2, 0.25) is 0 Å². The predicted octanol–water partition coefficient (Wildman–Crippen LogP) is 4.28. The van der Waals surface area contributed by atoms with Crippen LogP contribution in [-0.2, 0) is 22.9 Å². The standard InChI is InChI=1S/C24H29N3O3S/c1-18-23(19(2)27(25-18)21-13-14-31(28,29)17-21)16-26(3)15-20-9-7-8-12-24(20)30-22-10-5-4-6-11-22/h4-12,21H,13-17H2,1-3H3/t21-/m0/s1. The number of hydrogen-bond acceptors (Lipinski definition) is 5. The van der Waals surface area contributed by atoms with Crippen molar-refractivity contribution >= 4 is 9.84 Å². The zero-order valence-corrected chi connectivity index (χ0v) is 19.1. The first-order chi connectivity index (χ1) is 14.8. The molecular weight excluding hydrogens is 410 g/mol. The van der Waals surface area contributed by atoms with Crippen molar-refractivity contribution in [2.24, 2.45) is 0 Å². The highest BCUT2D eigenvalue weighted by Gasteiger charge is 2.31. The van der Waals surface area contributed by atoms with E-state index in [4.69, 9.17) is 9.84 Å². The number of benzene rings is 2. The third kappa shape index (κ3) is 4.99. The summed E-state index contributed by atoms with van der Waals surface area (Å²) in [6.07, 6.45) is 0.643. The molecule has 31 heavy (non-hydrogen) atoms. The molecule has 0 amide bonds. The maximum atomic E-state index is 11.9. The Morgan fingerprint density at radius 3 is 2.48 bits per heavy atom. The van der Waals surface area contributed by atoms with Gasteiger partial charge in [-0.2, -0.15) is 5.10 Å². The SMILES string of the molecule is Cc1nn([C@H]2CCS(=O)(=O)C2)c(C)c1CN(C)Cc1ccccc1Oc1ccccc1. The van der Waals surface area contributed by atoms with Crippen molar-refractivity contribution < 1.29 is 13.2 Å². The van der Waals surface area contributed by atoms with Gasteiger partial charge in [0, 0.05) is 29.9 Å². The molecule has 2 aromatic carbocycles. The molecule has 164 valence electrons. The third-order valence-corrected chi connectivity index (χ3v) is 7.59. The van der Waals surface area contributed by atoms with Gasteiger partial charge in [-0.15, -0.1) is 0 Å². The van der Waals surface area contributed by atoms with Crippen LogP contribution in [0.1, 0.15) is 35.0 Å². The van der Waals surface area contributed by atoms with Crippen LogP contribution >= 0.6 is 0 Å². The minimum absolute atomic E-state index is 0.0530. The zero-order chi connectivity index (χ0) is 22.0. The summed E-state index contributed by atoms with van der Waals surface area (Å²) in [5, 5.41) is 4.69. The molecular formula is C24H29N3O3S. The quantitative estimate of drug-likeness (QED) is 0.550. The molecule has 0 bridgehead atoms. The van der Waals surface area contributed by atoms with E-state index >= 15 is 0 Å². The van der Waals surface area contributed by atoms with Gasteiger partial charge in [-0.05, 0) is 45.5 Å². The van der Waals surface area contributed by atoms with Crippen molar-refractivity contribution in [1.29, 1.82) is 0 Å². The van der Waals surface area contributed by atoms with Crippen molar-refractivity contribution in [2.75, 3.05) is 18.6 Å². The second-order valence-electron chi connectivity index (χ2n) is 8.35. The first-order valence-corrected chi connectivity index (χ1v) is 12.4. The van der Waals surface area contributed by atoms with E-state index in [9.17, 15) is 8.42 Å². The van der Waals surface area contributed by atoms with Gasteiger partial charge >= 0.3 is 0 Å². The Labute approximate surface area is 184 Å². The largest absolute Gasteiger partial charge is 0.457 e. The van der Waals surface area contributed by atoms with Crippen LogP contribution in [0.5, 0.6) is 11.5 Å². The summed E-state index contributed by atoms with van der Waals surface area (Å²) in [6, 6.07) is 17.8. The molecule has 3 aromatic rings. The maximum absolute atomic E-state index is 11.9. The molecule has 0 aliphatic carbocycles. The molecule has 1 saturated heterocycles. The summed E-state index contributed by atoms with van der Waals surface area (Å²) >= 11 is 0. The zero-order valence-electron chi connectivity index (χ0n) is 18.3. The molecule has 1 fully saturated rings. The lowest BCUT2D eigenvalue weighted by molar-refractivity contribution is 0.312. The van der Waals surface area contributed by atoms with Crippen LogP contribution in [0.15, 0.2) is 54.6 Å². The minimum Gasteiger partial charge on any atom is -0.457 e. The van der Waals surface area contributed by atoms with Gasteiger partial charge in [-0.3, -0.25) is 9.58 Å². The fraction of sp³-hybridized carbons (Fsp3) is 0.375. The highest BCUT2D eigenvalue weighted by atomic mass is 32.2. The van der Waals surface area contributed by atoms with Gasteiger partial charge in [0.1, 0.15) is 11.5 Å². The number of aromatic nitrogens is 2. The topological polar surface area (TPSA) is 64.4 Å². The van der Waals surface area contributed by atoms with E-state index in [2.05, 4.69) is 18.0 Å². The number of hydrogen-bond donors (Lipinski definition) is 0. The average molecular weight is 440 g/mol. The molecule has 1 atom stereocenters. The van der Waals surface area contributed by atoms with E-state index in [1.165, 1.54) is 0 Å². The summed E-state index contributed by atoms with van der Waals surface area (Å²) in [5.41, 5.74) is 4.29. The van der Waals surface area contributed by atoms with Gasteiger partial charge < -0.3 is 4.74 Å². The molecule has 0 radical (unpaired) electrons. The summed E-state index contributed by atoms with van der Waals surface area (Å²) in [5.74, 6) is 2.11. The van der Waals surface area contributed by atoms with Crippen molar-refractivity contribution in [3.8, 4) is 11.5 Å². The fourth-order valence-electron chi connectivity index (χ4n) is 4.22. The third-order valence-electron chi connectivity index (χ3n) is 5.84. The predicted molar refractivity (Wildman–Crippen MR) is 122 cm³/mol. The molecule has 0 N–H and O–H groups in total. The van der Waals surface area contributed by atoms with Crippen molar-refractivity contribution in [1.82, 2.24) is 14.7 Å². The summed E-state index contributed by atoms with van der Waals surface area (Å²) in [7, 11) is -0.865. The summed E-state index contributed by atoms with van der Waals surface area (Å²) in [6.45, 7) is 5.50. The Hall–Kier alpha value is -2.64. The van der Waals surface area contributed by atoms with Gasteiger partial charge in [-0.25, -0.2) is 8.42 Å². The van der Waals surface area contributed by atoms with Gasteiger partial charge in [0.25, 0.3) is 0 Å². The van der Waals surface area contributed by atoms with Crippen LogP contribution in [0.3, 0.4) is 0 Å². The Morgan fingerprint density at radius 2 is 1.77 bits per heavy atom. The van der Waals surface area contributed by atoms with Gasteiger partial charge in [0.05, 0.1) is 23.2 Å². The van der Waals surface area contributed by atoms with E-state index in [1.54, 1.807) is 0 Å². The van der Waals surface area contributed by atoms with Crippen LogP contribution in [-0.4, -0.2) is 41.7 Å². The van der Waals surface area contributed by atoms with E-state index < -0.39 is 9.84 Å². The molecule has 4 rings (SSSR count). The number of ether oxygens (including phenoxy) is 1. The smallest absolute Gasteiger partial charge is 0.152 e. The Bertz CT molecular complexity index is 1160. The summed E-state index contributed by atoms with van der Waals surface area (Å²) < 4.78 is 31.8. The second kappa shape index (κ2) is 8.85. The lowest BCUT2D eigenvalue weighted by Gasteiger charge is -2.19. The maximum Gasteiger partial charge on any atom is 0.152 e. The number of rotatable bonds is 7. The van der Waals surface area contributed by atoms with Crippen LogP contribution in [0.25, 0.3) is 0 Å². The van der Waals surface area contributed by atoms with Gasteiger partial charge in [-0.1, -0.05) is 36.4 Å². The molecule has 1 aliphatic heterocycles. The van der Waals surface area contributed by atoms with Crippen LogP contribution < -0.4 is 4.74 Å². The Kier molecular flexibility index (Phi) is 6.16. The molecule has 1 aromatic heterocycles. The van der Waals surface area contributed by atoms with Crippen LogP contribution in [0, 0.1) is 13.8 Å². The normalized spacial score (nSPS) is 17.9. The first-order valence-electron chi connectivity index (χ1n) is 10.6. The first kappa shape index (κ1) is 21.6. The van der Waals surface area contributed by atoms with E-state index in [0.29, 0.717) is 6.42 Å². The lowest BCUT2D eigenvalue weighted by Crippen LogP contribution is -2.19. The number of nitrogens with zero attached hydrogens (tertiary/aromatic N) is 3. The summed E-state index contributed by atoms with van der Waals surface area (Å²) in [4.78, 5) is 2.24. The average Bonchev–Trinajstić information content (AvgIpc) is 3.23. The monoisotopic (exact) mass is 439 g/mol. The highest BCUT2D eigenvalue weighted by molar-refractivity contribution is 7.91. The Balaban J connectivity index is 1.48. The minimum atomic E-state index is -2.94. The van der Waals surface area contributed by atoms with E-state index in [-0.39, 0.29) is 17.5 Å². The van der Waals surface area contributed by atoms with Crippen LogP contribution in [0.4, 0.5) is 0 Å². The van der Waals surface area contributed by atoms with E-state index in [1.807, 2.05) is 67.1 Å². The second-order valence-corrected chi connectivity index (χ2v) is 10.6. The number of aryl methyl sites for hydroxylation is 1. The molecule has 0 spiro atoms. The Morgan fingerprint density at radius 1 is 1.06 bits per heavy atom. The molecule has 7 heteroatoms. The van der Waals surface area contributed by atoms with Crippen molar-refractivity contribution in [3.63, 3.8) is 0 Å². The molecule has 0 unspecified atom stereocenters. The lowest BCUT2D eigenvalue weighted by atomic mass is 10.1. The van der Waals surface area contributed by atoms with Crippen LogP contribution in [0.2, 0.25) is 0 Å². The van der Waals surface area contributed by atoms with Gasteiger partial charge in [0.15, 0.2) is 9.84 Å². The molecule has 1 aliphatic rings. The number of sulfone groups is 1. The molecule has 2 heterocycles. The molecule has 6 nitrogen and oxygen atoms in total. The van der Waals surface area contributed by atoms with Crippen molar-refractivity contribution in [3.05, 3.63) is 77.1 Å². The van der Waals surface area contributed by atoms with Crippen molar-refractivity contribution in [2.45, 2.75) is 39.4 Å². The molecule has 0 saturated carbocycles. The van der Waals surface area contributed by atoms with E-state index in [0.717, 1.165) is 47.1 Å².